The highest BCUT2D eigenvalue weighted by molar-refractivity contribution is 7.88. The number of nitrogens with one attached hydrogen (secondary N) is 1. The summed E-state index contributed by atoms with van der Waals surface area (Å²) in [6, 6.07) is 16.2. The number of nitrogens with zero attached hydrogens (tertiary/aromatic N) is 1. The maximum absolute atomic E-state index is 12.2. The zero-order valence-corrected chi connectivity index (χ0v) is 15.4. The summed E-state index contributed by atoms with van der Waals surface area (Å²) in [6.07, 6.45) is 1.82. The van der Waals surface area contributed by atoms with Gasteiger partial charge in [0.15, 0.2) is 6.61 Å². The number of hydrogen-bond donors (Lipinski definition) is 2. The van der Waals surface area contributed by atoms with Crippen LogP contribution in [0.2, 0.25) is 0 Å². The summed E-state index contributed by atoms with van der Waals surface area (Å²) in [5.41, 5.74) is 1.58. The van der Waals surface area contributed by atoms with Gasteiger partial charge in [-0.2, -0.15) is 0 Å². The van der Waals surface area contributed by atoms with E-state index in [1.165, 1.54) is 0 Å². The predicted molar refractivity (Wildman–Crippen MR) is 102 cm³/mol. The zero-order valence-electron chi connectivity index (χ0n) is 14.5. The zero-order chi connectivity index (χ0) is 19.3. The molecule has 0 bridgehead atoms. The van der Waals surface area contributed by atoms with E-state index in [1.807, 2.05) is 29.0 Å². The fraction of sp³-hybridized carbons (Fsp3) is 0.211. The lowest BCUT2D eigenvalue weighted by atomic mass is 10.2. The van der Waals surface area contributed by atoms with Gasteiger partial charge in [-0.25, -0.2) is 17.9 Å². The van der Waals surface area contributed by atoms with Crippen LogP contribution in [0.1, 0.15) is 5.56 Å². The standard InChI is InChI=1S/C19H20N2O5S/c22-19(23)13-26-18-8-4-7-17-16(18)9-11-21(17)12-10-20-27(24,25)14-15-5-2-1-3-6-15/h1-9,11,20H,10,12-14H2,(H,22,23). The van der Waals surface area contributed by atoms with Gasteiger partial charge in [-0.1, -0.05) is 36.4 Å². The van der Waals surface area contributed by atoms with Crippen LogP contribution in [0.25, 0.3) is 10.9 Å². The molecule has 3 aromatic rings. The number of aromatic nitrogens is 1. The summed E-state index contributed by atoms with van der Waals surface area (Å²) in [6.45, 7) is 0.280. The molecule has 2 N–H and O–H groups in total. The summed E-state index contributed by atoms with van der Waals surface area (Å²) in [7, 11) is -3.42. The Hall–Kier alpha value is -2.84. The van der Waals surface area contributed by atoms with Gasteiger partial charge in [0, 0.05) is 24.7 Å². The Kier molecular flexibility index (Phi) is 5.78. The van der Waals surface area contributed by atoms with E-state index < -0.39 is 22.6 Å². The van der Waals surface area contributed by atoms with E-state index in [4.69, 9.17) is 9.84 Å². The number of rotatable bonds is 9. The molecule has 0 amide bonds. The second-order valence-corrected chi connectivity index (χ2v) is 7.83. The molecule has 0 unspecified atom stereocenters. The smallest absolute Gasteiger partial charge is 0.341 e. The van der Waals surface area contributed by atoms with Gasteiger partial charge in [0.25, 0.3) is 0 Å². The van der Waals surface area contributed by atoms with Crippen LogP contribution in [-0.4, -0.2) is 37.2 Å². The molecular weight excluding hydrogens is 368 g/mol. The highest BCUT2D eigenvalue weighted by Crippen LogP contribution is 2.26. The molecule has 0 atom stereocenters. The van der Waals surface area contributed by atoms with Crippen LogP contribution < -0.4 is 9.46 Å². The monoisotopic (exact) mass is 388 g/mol. The van der Waals surface area contributed by atoms with Crippen molar-refractivity contribution in [3.05, 3.63) is 66.4 Å². The maximum atomic E-state index is 12.2. The summed E-state index contributed by atoms with van der Waals surface area (Å²) < 4.78 is 34.2. The van der Waals surface area contributed by atoms with E-state index in [-0.39, 0.29) is 12.3 Å². The number of hydrogen-bond acceptors (Lipinski definition) is 4. The molecule has 0 saturated heterocycles. The van der Waals surface area contributed by atoms with Crippen molar-refractivity contribution in [1.29, 1.82) is 0 Å². The molecule has 1 aromatic heterocycles. The third-order valence-corrected chi connectivity index (χ3v) is 5.36. The average Bonchev–Trinajstić information content (AvgIpc) is 3.04. The Morgan fingerprint density at radius 3 is 2.59 bits per heavy atom. The minimum Gasteiger partial charge on any atom is -0.481 e. The summed E-state index contributed by atoms with van der Waals surface area (Å²) in [4.78, 5) is 10.7. The number of benzene rings is 2. The number of carboxylic acids is 1. The molecule has 0 radical (unpaired) electrons. The molecule has 1 heterocycles. The van der Waals surface area contributed by atoms with Crippen molar-refractivity contribution in [3.8, 4) is 5.75 Å². The van der Waals surface area contributed by atoms with Gasteiger partial charge < -0.3 is 14.4 Å². The van der Waals surface area contributed by atoms with Crippen molar-refractivity contribution in [1.82, 2.24) is 9.29 Å². The molecule has 0 spiro atoms. The Balaban J connectivity index is 1.63. The normalized spacial score (nSPS) is 11.6. The summed E-state index contributed by atoms with van der Waals surface area (Å²) in [5, 5.41) is 9.54. The van der Waals surface area contributed by atoms with E-state index in [0.29, 0.717) is 12.3 Å². The first-order valence-corrected chi connectivity index (χ1v) is 10.0. The number of fused-ring (bicyclic) bond motifs is 1. The number of sulfonamides is 1. The lowest BCUT2D eigenvalue weighted by Gasteiger charge is -2.10. The van der Waals surface area contributed by atoms with Crippen molar-refractivity contribution in [2.75, 3.05) is 13.2 Å². The first-order chi connectivity index (χ1) is 12.9. The molecular formula is C19H20N2O5S. The van der Waals surface area contributed by atoms with Gasteiger partial charge in [-0.3, -0.25) is 0 Å². The topological polar surface area (TPSA) is 97.6 Å². The predicted octanol–water partition coefficient (Wildman–Crippen LogP) is 2.22. The van der Waals surface area contributed by atoms with Gasteiger partial charge in [0.2, 0.25) is 10.0 Å². The molecule has 0 aliphatic rings. The molecule has 8 heteroatoms. The number of carbonyl (C=O) groups is 1. The number of carboxylic acid groups (broad SMARTS) is 1. The first-order valence-electron chi connectivity index (χ1n) is 8.38. The van der Waals surface area contributed by atoms with Crippen molar-refractivity contribution < 1.29 is 23.1 Å². The second kappa shape index (κ2) is 8.24. The maximum Gasteiger partial charge on any atom is 0.341 e. The van der Waals surface area contributed by atoms with Crippen LogP contribution in [0, 0.1) is 0 Å². The van der Waals surface area contributed by atoms with Gasteiger partial charge in [-0.05, 0) is 23.8 Å². The van der Waals surface area contributed by atoms with Crippen LogP contribution in [-0.2, 0) is 27.1 Å². The van der Waals surface area contributed by atoms with Gasteiger partial charge in [-0.15, -0.1) is 0 Å². The molecule has 7 nitrogen and oxygen atoms in total. The Labute approximate surface area is 157 Å². The molecule has 142 valence electrons. The molecule has 2 aromatic carbocycles. The Morgan fingerprint density at radius 1 is 1.07 bits per heavy atom. The van der Waals surface area contributed by atoms with Crippen molar-refractivity contribution in [2.24, 2.45) is 0 Å². The molecule has 27 heavy (non-hydrogen) atoms. The van der Waals surface area contributed by atoms with Crippen LogP contribution >= 0.6 is 0 Å². The molecule has 0 saturated carbocycles. The lowest BCUT2D eigenvalue weighted by molar-refractivity contribution is -0.139. The third-order valence-electron chi connectivity index (χ3n) is 4.00. The minimum atomic E-state index is -3.42. The van der Waals surface area contributed by atoms with E-state index in [1.54, 1.807) is 36.4 Å². The Bertz CT molecular complexity index is 1030. The first kappa shape index (κ1) is 18.9. The highest BCUT2D eigenvalue weighted by Gasteiger charge is 2.12. The second-order valence-electron chi connectivity index (χ2n) is 6.02. The Morgan fingerprint density at radius 2 is 1.85 bits per heavy atom. The summed E-state index contributed by atoms with van der Waals surface area (Å²) >= 11 is 0. The molecule has 0 aliphatic heterocycles. The van der Waals surface area contributed by atoms with E-state index in [2.05, 4.69) is 4.72 Å². The number of aliphatic carboxylic acids is 1. The van der Waals surface area contributed by atoms with Crippen LogP contribution in [0.4, 0.5) is 0 Å². The van der Waals surface area contributed by atoms with E-state index in [0.717, 1.165) is 16.5 Å². The van der Waals surface area contributed by atoms with Crippen LogP contribution in [0.3, 0.4) is 0 Å². The van der Waals surface area contributed by atoms with Crippen molar-refractivity contribution in [3.63, 3.8) is 0 Å². The fourth-order valence-electron chi connectivity index (χ4n) is 2.82. The van der Waals surface area contributed by atoms with Gasteiger partial charge >= 0.3 is 5.97 Å². The fourth-order valence-corrected chi connectivity index (χ4v) is 3.96. The quantitative estimate of drug-likeness (QED) is 0.586. The van der Waals surface area contributed by atoms with Gasteiger partial charge in [0.05, 0.1) is 11.3 Å². The molecule has 0 aliphatic carbocycles. The minimum absolute atomic E-state index is 0.0621. The van der Waals surface area contributed by atoms with Crippen LogP contribution in [0.5, 0.6) is 5.75 Å². The van der Waals surface area contributed by atoms with E-state index in [9.17, 15) is 13.2 Å². The van der Waals surface area contributed by atoms with E-state index >= 15 is 0 Å². The third kappa shape index (κ3) is 5.08. The molecule has 0 fully saturated rings. The molecule has 3 rings (SSSR count). The van der Waals surface area contributed by atoms with Gasteiger partial charge in [0.1, 0.15) is 5.75 Å². The van der Waals surface area contributed by atoms with Crippen molar-refractivity contribution in [2.45, 2.75) is 12.3 Å². The average molecular weight is 388 g/mol. The highest BCUT2D eigenvalue weighted by atomic mass is 32.2. The van der Waals surface area contributed by atoms with Crippen LogP contribution in [0.15, 0.2) is 60.8 Å². The number of ether oxygens (including phenoxy) is 1. The lowest BCUT2D eigenvalue weighted by Crippen LogP contribution is -2.28. The summed E-state index contributed by atoms with van der Waals surface area (Å²) in [5.74, 6) is -0.620. The SMILES string of the molecule is O=C(O)COc1cccc2c1ccn2CCNS(=O)(=O)Cc1ccccc1. The van der Waals surface area contributed by atoms with Crippen molar-refractivity contribution >= 4 is 26.9 Å². The largest absolute Gasteiger partial charge is 0.481 e.